The van der Waals surface area contributed by atoms with Crippen molar-refractivity contribution in [2.45, 2.75) is 32.3 Å². The lowest BCUT2D eigenvalue weighted by molar-refractivity contribution is -0.128. The van der Waals surface area contributed by atoms with Crippen LogP contribution in [0.25, 0.3) is 0 Å². The third-order valence-corrected chi connectivity index (χ3v) is 2.38. The number of hydrogen-bond acceptors (Lipinski definition) is 3. The molecule has 1 saturated heterocycles. The molecule has 1 rings (SSSR count). The van der Waals surface area contributed by atoms with Gasteiger partial charge >= 0.3 is 0 Å². The molecule has 0 amide bonds. The minimum Gasteiger partial charge on any atom is -0.378 e. The van der Waals surface area contributed by atoms with E-state index in [1.54, 1.807) is 0 Å². The molecule has 78 valence electrons. The molecule has 1 aliphatic heterocycles. The molecular weight excluding hydrogens is 166 g/mol. The van der Waals surface area contributed by atoms with Crippen molar-refractivity contribution in [3.05, 3.63) is 0 Å². The molecule has 1 fully saturated rings. The molecule has 0 aliphatic carbocycles. The summed E-state index contributed by atoms with van der Waals surface area (Å²) in [6.07, 6.45) is 2.10. The van der Waals surface area contributed by atoms with E-state index in [0.29, 0.717) is 19.1 Å². The lowest BCUT2D eigenvalue weighted by atomic mass is 9.96. The number of ether oxygens (including phenoxy) is 2. The zero-order valence-corrected chi connectivity index (χ0v) is 8.71. The standard InChI is InChI=1S/C10H21NO2/c1-9(2)6-13-10(7-11)4-3-5-12-8-10/h9H,3-8,11H2,1-2H3. The molecule has 1 heterocycles. The normalized spacial score (nSPS) is 29.5. The smallest absolute Gasteiger partial charge is 0.104 e. The van der Waals surface area contributed by atoms with Crippen molar-refractivity contribution in [2.75, 3.05) is 26.4 Å². The Balaban J connectivity index is 2.38. The molecule has 0 spiro atoms. The Morgan fingerprint density at radius 2 is 2.31 bits per heavy atom. The van der Waals surface area contributed by atoms with Crippen LogP contribution in [0.15, 0.2) is 0 Å². The zero-order chi connectivity index (χ0) is 9.73. The van der Waals surface area contributed by atoms with Crippen LogP contribution in [0, 0.1) is 5.92 Å². The molecule has 1 aliphatic rings. The number of hydrogen-bond donors (Lipinski definition) is 1. The minimum absolute atomic E-state index is 0.192. The van der Waals surface area contributed by atoms with Gasteiger partial charge in [0.15, 0.2) is 0 Å². The van der Waals surface area contributed by atoms with Crippen LogP contribution in [-0.2, 0) is 9.47 Å². The summed E-state index contributed by atoms with van der Waals surface area (Å²) in [6, 6.07) is 0. The van der Waals surface area contributed by atoms with Crippen LogP contribution in [0.3, 0.4) is 0 Å². The second kappa shape index (κ2) is 4.94. The Bertz CT molecular complexity index is 142. The maximum atomic E-state index is 5.83. The van der Waals surface area contributed by atoms with E-state index in [2.05, 4.69) is 13.8 Å². The lowest BCUT2D eigenvalue weighted by Crippen LogP contribution is -2.48. The van der Waals surface area contributed by atoms with Gasteiger partial charge in [0.25, 0.3) is 0 Å². The summed E-state index contributed by atoms with van der Waals surface area (Å²) in [6.45, 7) is 7.16. The molecule has 0 saturated carbocycles. The first kappa shape index (κ1) is 11.0. The molecule has 0 aromatic heterocycles. The summed E-state index contributed by atoms with van der Waals surface area (Å²) >= 11 is 0. The summed E-state index contributed by atoms with van der Waals surface area (Å²) < 4.78 is 11.2. The van der Waals surface area contributed by atoms with E-state index in [4.69, 9.17) is 15.2 Å². The van der Waals surface area contributed by atoms with Crippen LogP contribution in [0.1, 0.15) is 26.7 Å². The summed E-state index contributed by atoms with van der Waals surface area (Å²) in [4.78, 5) is 0. The molecule has 0 bridgehead atoms. The van der Waals surface area contributed by atoms with Crippen molar-refractivity contribution in [1.82, 2.24) is 0 Å². The fraction of sp³-hybridized carbons (Fsp3) is 1.00. The zero-order valence-electron chi connectivity index (χ0n) is 8.71. The molecule has 3 nitrogen and oxygen atoms in total. The van der Waals surface area contributed by atoms with Gasteiger partial charge in [-0.1, -0.05) is 13.8 Å². The molecule has 1 atom stereocenters. The summed E-state index contributed by atoms with van der Waals surface area (Å²) in [5.41, 5.74) is 5.53. The SMILES string of the molecule is CC(C)COC1(CN)CCCOC1. The first-order valence-corrected chi connectivity index (χ1v) is 5.10. The largest absolute Gasteiger partial charge is 0.378 e. The van der Waals surface area contributed by atoms with E-state index < -0.39 is 0 Å². The van der Waals surface area contributed by atoms with Gasteiger partial charge in [0.2, 0.25) is 0 Å². The van der Waals surface area contributed by atoms with Crippen LogP contribution in [0.2, 0.25) is 0 Å². The van der Waals surface area contributed by atoms with Crippen molar-refractivity contribution >= 4 is 0 Å². The van der Waals surface area contributed by atoms with Crippen LogP contribution >= 0.6 is 0 Å². The van der Waals surface area contributed by atoms with E-state index in [-0.39, 0.29) is 5.60 Å². The molecule has 2 N–H and O–H groups in total. The van der Waals surface area contributed by atoms with Crippen molar-refractivity contribution in [1.29, 1.82) is 0 Å². The van der Waals surface area contributed by atoms with E-state index >= 15 is 0 Å². The third-order valence-electron chi connectivity index (χ3n) is 2.38. The summed E-state index contributed by atoms with van der Waals surface area (Å²) in [7, 11) is 0. The second-order valence-corrected chi connectivity index (χ2v) is 4.25. The Morgan fingerprint density at radius 3 is 2.77 bits per heavy atom. The maximum absolute atomic E-state index is 5.83. The molecular formula is C10H21NO2. The Hall–Kier alpha value is -0.120. The summed E-state index contributed by atoms with van der Waals surface area (Å²) in [5, 5.41) is 0. The van der Waals surface area contributed by atoms with Gasteiger partial charge in [-0.15, -0.1) is 0 Å². The van der Waals surface area contributed by atoms with Gasteiger partial charge in [-0.2, -0.15) is 0 Å². The van der Waals surface area contributed by atoms with E-state index in [1.165, 1.54) is 0 Å². The monoisotopic (exact) mass is 187 g/mol. The van der Waals surface area contributed by atoms with E-state index in [9.17, 15) is 0 Å². The third kappa shape index (κ3) is 3.25. The van der Waals surface area contributed by atoms with Gasteiger partial charge in [0.1, 0.15) is 5.60 Å². The fourth-order valence-corrected chi connectivity index (χ4v) is 1.50. The quantitative estimate of drug-likeness (QED) is 0.718. The van der Waals surface area contributed by atoms with Crippen LogP contribution in [0.4, 0.5) is 0 Å². The van der Waals surface area contributed by atoms with Crippen LogP contribution in [0.5, 0.6) is 0 Å². The van der Waals surface area contributed by atoms with Crippen molar-refractivity contribution in [2.24, 2.45) is 11.7 Å². The Kier molecular flexibility index (Phi) is 4.16. The average molecular weight is 187 g/mol. The average Bonchev–Trinajstić information content (AvgIpc) is 2.16. The number of nitrogens with two attached hydrogens (primary N) is 1. The van der Waals surface area contributed by atoms with Gasteiger partial charge in [-0.25, -0.2) is 0 Å². The fourth-order valence-electron chi connectivity index (χ4n) is 1.50. The van der Waals surface area contributed by atoms with Crippen molar-refractivity contribution in [3.63, 3.8) is 0 Å². The highest BCUT2D eigenvalue weighted by atomic mass is 16.5. The molecule has 1 unspecified atom stereocenters. The van der Waals surface area contributed by atoms with Gasteiger partial charge in [-0.3, -0.25) is 0 Å². The highest BCUT2D eigenvalue weighted by molar-refractivity contribution is 4.84. The molecule has 0 aromatic rings. The Labute approximate surface area is 80.6 Å². The van der Waals surface area contributed by atoms with Gasteiger partial charge in [-0.05, 0) is 18.8 Å². The van der Waals surface area contributed by atoms with Crippen molar-refractivity contribution in [3.8, 4) is 0 Å². The predicted octanol–water partition coefficient (Wildman–Crippen LogP) is 1.17. The first-order chi connectivity index (χ1) is 6.18. The van der Waals surface area contributed by atoms with Crippen LogP contribution < -0.4 is 5.73 Å². The van der Waals surface area contributed by atoms with Crippen LogP contribution in [-0.4, -0.2) is 32.0 Å². The van der Waals surface area contributed by atoms with Gasteiger partial charge < -0.3 is 15.2 Å². The molecule has 3 heteroatoms. The van der Waals surface area contributed by atoms with Gasteiger partial charge in [0.05, 0.1) is 6.61 Å². The second-order valence-electron chi connectivity index (χ2n) is 4.25. The highest BCUT2D eigenvalue weighted by Crippen LogP contribution is 2.22. The highest BCUT2D eigenvalue weighted by Gasteiger charge is 2.32. The first-order valence-electron chi connectivity index (χ1n) is 5.10. The minimum atomic E-state index is -0.192. The van der Waals surface area contributed by atoms with Crippen molar-refractivity contribution < 1.29 is 9.47 Å². The van der Waals surface area contributed by atoms with Gasteiger partial charge in [0, 0.05) is 19.8 Å². The Morgan fingerprint density at radius 1 is 1.54 bits per heavy atom. The lowest BCUT2D eigenvalue weighted by Gasteiger charge is -2.36. The summed E-state index contributed by atoms with van der Waals surface area (Å²) in [5.74, 6) is 0.561. The topological polar surface area (TPSA) is 44.5 Å². The maximum Gasteiger partial charge on any atom is 0.104 e. The van der Waals surface area contributed by atoms with E-state index in [1.807, 2.05) is 0 Å². The molecule has 0 aromatic carbocycles. The molecule has 13 heavy (non-hydrogen) atoms. The number of rotatable bonds is 4. The predicted molar refractivity (Wildman–Crippen MR) is 52.6 cm³/mol. The van der Waals surface area contributed by atoms with E-state index in [0.717, 1.165) is 26.1 Å². The molecule has 0 radical (unpaired) electrons.